The van der Waals surface area contributed by atoms with Gasteiger partial charge in [0.1, 0.15) is 17.8 Å². The zero-order valence-corrected chi connectivity index (χ0v) is 13.6. The van der Waals surface area contributed by atoms with Gasteiger partial charge in [-0.05, 0) is 0 Å². The Hall–Kier alpha value is -1.80. The molecule has 1 fully saturated rings. The fourth-order valence-electron chi connectivity index (χ4n) is 2.44. The van der Waals surface area contributed by atoms with Crippen molar-refractivity contribution in [3.63, 3.8) is 0 Å². The van der Waals surface area contributed by atoms with E-state index >= 15 is 0 Å². The zero-order chi connectivity index (χ0) is 15.5. The van der Waals surface area contributed by atoms with E-state index in [0.717, 1.165) is 43.6 Å². The van der Waals surface area contributed by atoms with Gasteiger partial charge >= 0.3 is 0 Å². The second kappa shape index (κ2) is 6.53. The quantitative estimate of drug-likeness (QED) is 0.920. The van der Waals surface area contributed by atoms with Crippen molar-refractivity contribution in [2.24, 2.45) is 0 Å². The highest BCUT2D eigenvalue weighted by Gasteiger charge is 2.24. The number of aromatic amines is 1. The lowest BCUT2D eigenvalue weighted by molar-refractivity contribution is 0.0620. The van der Waals surface area contributed by atoms with Gasteiger partial charge < -0.3 is 4.90 Å². The predicted octanol–water partition coefficient (Wildman–Crippen LogP) is 1.34. The number of piperazine rings is 1. The van der Waals surface area contributed by atoms with Crippen LogP contribution in [0, 0.1) is 0 Å². The van der Waals surface area contributed by atoms with E-state index in [9.17, 15) is 4.79 Å². The molecular weight excluding hydrogens is 300 g/mol. The van der Waals surface area contributed by atoms with Crippen molar-refractivity contribution in [3.05, 3.63) is 28.2 Å². The van der Waals surface area contributed by atoms with E-state index in [0.29, 0.717) is 11.6 Å². The monoisotopic (exact) mass is 320 g/mol. The van der Waals surface area contributed by atoms with Crippen molar-refractivity contribution in [2.75, 3.05) is 26.2 Å². The lowest BCUT2D eigenvalue weighted by atomic mass is 10.2. The summed E-state index contributed by atoms with van der Waals surface area (Å²) in [7, 11) is 0. The molecule has 0 bridgehead atoms. The number of carbonyl (C=O) groups excluding carboxylic acids is 1. The predicted molar refractivity (Wildman–Crippen MR) is 83.8 cm³/mol. The highest BCUT2D eigenvalue weighted by molar-refractivity contribution is 7.09. The Labute approximate surface area is 133 Å². The van der Waals surface area contributed by atoms with Gasteiger partial charge in [-0.1, -0.05) is 13.8 Å². The van der Waals surface area contributed by atoms with E-state index in [1.807, 2.05) is 10.3 Å². The van der Waals surface area contributed by atoms with Gasteiger partial charge in [-0.25, -0.2) is 9.97 Å². The molecule has 0 unspecified atom stereocenters. The lowest BCUT2D eigenvalue weighted by Crippen LogP contribution is -2.48. The van der Waals surface area contributed by atoms with Crippen LogP contribution in [0.15, 0.2) is 11.7 Å². The Balaban J connectivity index is 1.55. The number of aromatic nitrogens is 4. The number of amides is 1. The van der Waals surface area contributed by atoms with Crippen molar-refractivity contribution in [1.82, 2.24) is 30.0 Å². The highest BCUT2D eigenvalue weighted by atomic mass is 32.1. The van der Waals surface area contributed by atoms with Gasteiger partial charge in [0.2, 0.25) is 0 Å². The fraction of sp³-hybridized carbons (Fsp3) is 0.571. The molecule has 1 amide bonds. The third kappa shape index (κ3) is 3.33. The number of thiazole rings is 1. The van der Waals surface area contributed by atoms with Gasteiger partial charge in [0.15, 0.2) is 0 Å². The van der Waals surface area contributed by atoms with Crippen LogP contribution in [0.3, 0.4) is 0 Å². The average molecular weight is 320 g/mol. The summed E-state index contributed by atoms with van der Waals surface area (Å²) in [5, 5.41) is 9.61. The number of hydrogen-bond acceptors (Lipinski definition) is 6. The Morgan fingerprint density at radius 1 is 1.36 bits per heavy atom. The smallest absolute Gasteiger partial charge is 0.273 e. The maximum absolute atomic E-state index is 12.5. The number of nitrogens with one attached hydrogen (secondary N) is 1. The van der Waals surface area contributed by atoms with Gasteiger partial charge in [0.05, 0.1) is 11.6 Å². The molecule has 3 rings (SSSR count). The molecule has 0 aromatic carbocycles. The van der Waals surface area contributed by atoms with E-state index in [-0.39, 0.29) is 5.91 Å². The normalized spacial score (nSPS) is 16.4. The third-order valence-corrected chi connectivity index (χ3v) is 4.88. The number of H-pyrrole nitrogens is 1. The molecule has 1 aliphatic rings. The summed E-state index contributed by atoms with van der Waals surface area (Å²) in [4.78, 5) is 25.2. The minimum Gasteiger partial charge on any atom is -0.335 e. The number of rotatable bonds is 4. The van der Waals surface area contributed by atoms with Crippen LogP contribution < -0.4 is 0 Å². The Kier molecular flexibility index (Phi) is 4.49. The molecule has 1 saturated heterocycles. The van der Waals surface area contributed by atoms with Crippen LogP contribution in [0.5, 0.6) is 0 Å². The average Bonchev–Trinajstić information content (AvgIpc) is 3.18. The molecule has 0 radical (unpaired) electrons. The van der Waals surface area contributed by atoms with E-state index in [2.05, 4.69) is 38.9 Å². The highest BCUT2D eigenvalue weighted by Crippen LogP contribution is 2.20. The van der Waals surface area contributed by atoms with Gasteiger partial charge in [-0.2, -0.15) is 5.10 Å². The summed E-state index contributed by atoms with van der Waals surface area (Å²) < 4.78 is 0. The summed E-state index contributed by atoms with van der Waals surface area (Å²) in [5.41, 5.74) is 0.581. The first kappa shape index (κ1) is 15.1. The maximum atomic E-state index is 12.5. The topological polar surface area (TPSA) is 78.0 Å². The van der Waals surface area contributed by atoms with Crippen LogP contribution in [0.4, 0.5) is 0 Å². The van der Waals surface area contributed by atoms with E-state index < -0.39 is 0 Å². The van der Waals surface area contributed by atoms with Crippen molar-refractivity contribution in [3.8, 4) is 0 Å². The molecule has 1 aliphatic heterocycles. The van der Waals surface area contributed by atoms with Crippen molar-refractivity contribution in [2.45, 2.75) is 26.3 Å². The van der Waals surface area contributed by atoms with E-state index in [1.165, 1.54) is 6.33 Å². The summed E-state index contributed by atoms with van der Waals surface area (Å²) in [6, 6.07) is 0. The van der Waals surface area contributed by atoms with Crippen LogP contribution in [0.1, 0.15) is 41.1 Å². The Morgan fingerprint density at radius 3 is 2.73 bits per heavy atom. The van der Waals surface area contributed by atoms with Gasteiger partial charge in [-0.15, -0.1) is 11.3 Å². The molecule has 118 valence electrons. The second-order valence-electron chi connectivity index (χ2n) is 5.73. The van der Waals surface area contributed by atoms with Gasteiger partial charge in [-0.3, -0.25) is 14.8 Å². The molecule has 2 aromatic heterocycles. The van der Waals surface area contributed by atoms with Gasteiger partial charge in [0, 0.05) is 37.5 Å². The molecule has 3 heterocycles. The van der Waals surface area contributed by atoms with E-state index in [4.69, 9.17) is 0 Å². The maximum Gasteiger partial charge on any atom is 0.273 e. The summed E-state index contributed by atoms with van der Waals surface area (Å²) in [6.07, 6.45) is 1.52. The zero-order valence-electron chi connectivity index (χ0n) is 12.8. The minimum absolute atomic E-state index is 0.0439. The third-order valence-electron chi connectivity index (χ3n) is 3.73. The van der Waals surface area contributed by atoms with Crippen LogP contribution in [-0.2, 0) is 6.54 Å². The largest absolute Gasteiger partial charge is 0.335 e. The lowest BCUT2D eigenvalue weighted by Gasteiger charge is -2.33. The first-order chi connectivity index (χ1) is 10.6. The van der Waals surface area contributed by atoms with Crippen LogP contribution in [-0.4, -0.2) is 62.1 Å². The molecule has 7 nitrogen and oxygen atoms in total. The number of hydrogen-bond donors (Lipinski definition) is 1. The van der Waals surface area contributed by atoms with Crippen LogP contribution >= 0.6 is 11.3 Å². The first-order valence-electron chi connectivity index (χ1n) is 7.45. The standard InChI is InChI=1S/C14H20N6OS/c1-10(2)13-17-11(8-22-13)14(21)20-5-3-19(4-6-20)7-12-15-9-16-18-12/h8-10H,3-7H2,1-2H3,(H,15,16,18). The van der Waals surface area contributed by atoms with Crippen molar-refractivity contribution in [1.29, 1.82) is 0 Å². The Bertz CT molecular complexity index is 615. The molecule has 0 spiro atoms. The molecule has 0 atom stereocenters. The second-order valence-corrected chi connectivity index (χ2v) is 6.62. The van der Waals surface area contributed by atoms with Gasteiger partial charge in [0.25, 0.3) is 5.91 Å². The summed E-state index contributed by atoms with van der Waals surface area (Å²) >= 11 is 1.56. The molecule has 1 N–H and O–H groups in total. The molecule has 22 heavy (non-hydrogen) atoms. The summed E-state index contributed by atoms with van der Waals surface area (Å²) in [6.45, 7) is 8.06. The Morgan fingerprint density at radius 2 is 2.14 bits per heavy atom. The van der Waals surface area contributed by atoms with Crippen LogP contribution in [0.25, 0.3) is 0 Å². The number of nitrogens with zero attached hydrogens (tertiary/aromatic N) is 5. The fourth-order valence-corrected chi connectivity index (χ4v) is 3.25. The van der Waals surface area contributed by atoms with Crippen molar-refractivity contribution >= 4 is 17.2 Å². The SMILES string of the molecule is CC(C)c1nc(C(=O)N2CCN(Cc3ncn[nH]3)CC2)cs1. The molecule has 0 saturated carbocycles. The van der Waals surface area contributed by atoms with Crippen molar-refractivity contribution < 1.29 is 4.79 Å². The van der Waals surface area contributed by atoms with Crippen LogP contribution in [0.2, 0.25) is 0 Å². The number of carbonyl (C=O) groups is 1. The summed E-state index contributed by atoms with van der Waals surface area (Å²) in [5.74, 6) is 1.27. The van der Waals surface area contributed by atoms with E-state index in [1.54, 1.807) is 11.3 Å². The molecular formula is C14H20N6OS. The molecule has 0 aliphatic carbocycles. The molecule has 2 aromatic rings. The first-order valence-corrected chi connectivity index (χ1v) is 8.32. The molecule has 8 heteroatoms. The minimum atomic E-state index is 0.0439.